The fourth-order valence-electron chi connectivity index (χ4n) is 3.44. The Hall–Kier alpha value is -3.74. The highest BCUT2D eigenvalue weighted by atomic mass is 16.5. The molecule has 0 amide bonds. The standard InChI is InChI=1S/C23H21NO6/c1-3-28-17-10-14-9-13(2)29-18(14)11-15(17)12-19-21(25)20(23(26)27)22(30-19)24-16-7-5-4-6-8-16/h4-8,10-13,24H,3,9H2,1-2H3,(H,26,27)/p-1/b19-12-/t13-/m1/s1. The van der Waals surface area contributed by atoms with Gasteiger partial charge in [-0.15, -0.1) is 0 Å². The maximum absolute atomic E-state index is 12.7. The highest BCUT2D eigenvalue weighted by molar-refractivity contribution is 6.25. The number of anilines is 1. The predicted octanol–water partition coefficient (Wildman–Crippen LogP) is 2.42. The number of benzene rings is 2. The van der Waals surface area contributed by atoms with Crippen molar-refractivity contribution in [2.75, 3.05) is 11.9 Å². The lowest BCUT2D eigenvalue weighted by Gasteiger charge is -2.11. The molecule has 1 atom stereocenters. The van der Waals surface area contributed by atoms with Crippen LogP contribution in [0.2, 0.25) is 0 Å². The summed E-state index contributed by atoms with van der Waals surface area (Å²) < 4.78 is 17.1. The van der Waals surface area contributed by atoms with E-state index in [1.54, 1.807) is 30.3 Å². The lowest BCUT2D eigenvalue weighted by molar-refractivity contribution is -0.298. The van der Waals surface area contributed by atoms with Gasteiger partial charge < -0.3 is 29.4 Å². The maximum atomic E-state index is 12.7. The lowest BCUT2D eigenvalue weighted by Crippen LogP contribution is -2.28. The zero-order chi connectivity index (χ0) is 21.3. The van der Waals surface area contributed by atoms with Gasteiger partial charge in [0.2, 0.25) is 11.7 Å². The molecule has 2 aromatic rings. The van der Waals surface area contributed by atoms with Crippen molar-refractivity contribution >= 4 is 23.5 Å². The molecule has 154 valence electrons. The molecule has 0 radical (unpaired) electrons. The first kappa shape index (κ1) is 19.6. The molecule has 4 rings (SSSR count). The van der Waals surface area contributed by atoms with E-state index in [1.165, 1.54) is 6.08 Å². The number of nitrogens with one attached hydrogen (secondary N) is 1. The number of aliphatic carboxylic acids is 1. The van der Waals surface area contributed by atoms with Crippen LogP contribution in [0.1, 0.15) is 25.0 Å². The molecule has 0 aliphatic carbocycles. The van der Waals surface area contributed by atoms with Crippen molar-refractivity contribution in [3.8, 4) is 11.5 Å². The number of ketones is 1. The van der Waals surface area contributed by atoms with Gasteiger partial charge in [-0.3, -0.25) is 4.79 Å². The van der Waals surface area contributed by atoms with Crippen LogP contribution in [0.5, 0.6) is 11.5 Å². The molecule has 0 aromatic heterocycles. The number of carbonyl (C=O) groups is 2. The van der Waals surface area contributed by atoms with Crippen LogP contribution >= 0.6 is 0 Å². The number of para-hydroxylation sites is 1. The van der Waals surface area contributed by atoms with E-state index in [0.29, 0.717) is 29.4 Å². The van der Waals surface area contributed by atoms with Crippen molar-refractivity contribution < 1.29 is 28.9 Å². The van der Waals surface area contributed by atoms with Crippen LogP contribution in [-0.4, -0.2) is 24.5 Å². The molecule has 2 aliphatic rings. The zero-order valence-electron chi connectivity index (χ0n) is 16.6. The van der Waals surface area contributed by atoms with Crippen LogP contribution in [0.25, 0.3) is 6.08 Å². The Bertz CT molecular complexity index is 1070. The van der Waals surface area contributed by atoms with Gasteiger partial charge >= 0.3 is 0 Å². The number of carboxylic acid groups (broad SMARTS) is 1. The molecule has 2 aromatic carbocycles. The predicted molar refractivity (Wildman–Crippen MR) is 108 cm³/mol. The van der Waals surface area contributed by atoms with Gasteiger partial charge in [-0.2, -0.15) is 0 Å². The monoisotopic (exact) mass is 406 g/mol. The fraction of sp³-hybridized carbons (Fsp3) is 0.217. The van der Waals surface area contributed by atoms with Gasteiger partial charge in [0.05, 0.1) is 12.6 Å². The third kappa shape index (κ3) is 3.74. The SMILES string of the molecule is CCOc1cc2c(cc1/C=C1\OC(Nc3ccccc3)=C(C(=O)[O-])C1=O)O[C@H](C)C2. The number of hydrogen-bond donors (Lipinski definition) is 1. The number of Topliss-reactive ketones (excluding diaryl/α,β-unsaturated/α-hetero) is 1. The van der Waals surface area contributed by atoms with Crippen LogP contribution in [0.3, 0.4) is 0 Å². The minimum atomic E-state index is -1.61. The van der Waals surface area contributed by atoms with Gasteiger partial charge in [0.1, 0.15) is 23.2 Å². The molecule has 0 saturated carbocycles. The topological polar surface area (TPSA) is 96.9 Å². The first-order valence-corrected chi connectivity index (χ1v) is 9.64. The molecule has 0 spiro atoms. The average Bonchev–Trinajstić information content (AvgIpc) is 3.21. The highest BCUT2D eigenvalue weighted by Crippen LogP contribution is 2.37. The molecule has 2 aliphatic heterocycles. The smallest absolute Gasteiger partial charge is 0.235 e. The summed E-state index contributed by atoms with van der Waals surface area (Å²) in [5.41, 5.74) is 1.60. The van der Waals surface area contributed by atoms with Crippen LogP contribution in [-0.2, 0) is 20.7 Å². The summed E-state index contributed by atoms with van der Waals surface area (Å²) >= 11 is 0. The van der Waals surface area contributed by atoms with E-state index in [1.807, 2.05) is 26.0 Å². The molecule has 7 heteroatoms. The van der Waals surface area contributed by atoms with Crippen LogP contribution in [0.4, 0.5) is 5.69 Å². The summed E-state index contributed by atoms with van der Waals surface area (Å²) in [7, 11) is 0. The quantitative estimate of drug-likeness (QED) is 0.581. The van der Waals surface area contributed by atoms with E-state index in [4.69, 9.17) is 14.2 Å². The number of rotatable bonds is 6. The Kier molecular flexibility index (Phi) is 5.18. The number of carboxylic acids is 1. The Morgan fingerprint density at radius 3 is 2.77 bits per heavy atom. The summed E-state index contributed by atoms with van der Waals surface area (Å²) in [5, 5.41) is 14.4. The Morgan fingerprint density at radius 1 is 1.30 bits per heavy atom. The van der Waals surface area contributed by atoms with Gasteiger partial charge in [-0.1, -0.05) is 18.2 Å². The van der Waals surface area contributed by atoms with E-state index in [-0.39, 0.29) is 17.7 Å². The van der Waals surface area contributed by atoms with Crippen molar-refractivity contribution in [1.29, 1.82) is 0 Å². The van der Waals surface area contributed by atoms with Crippen LogP contribution in [0.15, 0.2) is 59.7 Å². The summed E-state index contributed by atoms with van der Waals surface area (Å²) in [6.45, 7) is 4.27. The second kappa shape index (κ2) is 7.94. The summed E-state index contributed by atoms with van der Waals surface area (Å²) in [4.78, 5) is 24.3. The number of carbonyl (C=O) groups excluding carboxylic acids is 2. The van der Waals surface area contributed by atoms with Crippen molar-refractivity contribution in [1.82, 2.24) is 0 Å². The largest absolute Gasteiger partial charge is 0.544 e. The Morgan fingerprint density at radius 2 is 2.07 bits per heavy atom. The van der Waals surface area contributed by atoms with Gasteiger partial charge in [-0.05, 0) is 44.2 Å². The maximum Gasteiger partial charge on any atom is 0.235 e. The number of hydrogen-bond acceptors (Lipinski definition) is 7. The number of fused-ring (bicyclic) bond motifs is 1. The van der Waals surface area contributed by atoms with E-state index in [0.717, 1.165) is 12.0 Å². The third-order valence-corrected chi connectivity index (χ3v) is 4.74. The summed E-state index contributed by atoms with van der Waals surface area (Å²) in [6.07, 6.45) is 2.28. The minimum absolute atomic E-state index is 0.0507. The second-order valence-electron chi connectivity index (χ2n) is 6.99. The molecule has 0 fully saturated rings. The highest BCUT2D eigenvalue weighted by Gasteiger charge is 2.32. The van der Waals surface area contributed by atoms with Crippen molar-refractivity contribution in [3.63, 3.8) is 0 Å². The van der Waals surface area contributed by atoms with E-state index in [9.17, 15) is 14.7 Å². The molecule has 0 bridgehead atoms. The van der Waals surface area contributed by atoms with E-state index >= 15 is 0 Å². The number of allylic oxidation sites excluding steroid dienone is 1. The molecule has 7 nitrogen and oxygen atoms in total. The minimum Gasteiger partial charge on any atom is -0.544 e. The molecule has 1 N–H and O–H groups in total. The third-order valence-electron chi connectivity index (χ3n) is 4.74. The van der Waals surface area contributed by atoms with E-state index < -0.39 is 17.3 Å². The Labute approximate surface area is 173 Å². The molecular formula is C23H20NO6-. The first-order chi connectivity index (χ1) is 14.5. The van der Waals surface area contributed by atoms with Crippen LogP contribution < -0.4 is 19.9 Å². The summed E-state index contributed by atoms with van der Waals surface area (Å²) in [6, 6.07) is 12.5. The lowest BCUT2D eigenvalue weighted by atomic mass is 10.0. The summed E-state index contributed by atoms with van der Waals surface area (Å²) in [5.74, 6) is -1.43. The molecule has 2 heterocycles. The van der Waals surface area contributed by atoms with E-state index in [2.05, 4.69) is 5.32 Å². The van der Waals surface area contributed by atoms with Crippen molar-refractivity contribution in [2.24, 2.45) is 0 Å². The first-order valence-electron chi connectivity index (χ1n) is 9.64. The van der Waals surface area contributed by atoms with Gasteiger partial charge in [0, 0.05) is 23.2 Å². The van der Waals surface area contributed by atoms with Crippen molar-refractivity contribution in [2.45, 2.75) is 26.4 Å². The number of ether oxygens (including phenoxy) is 3. The van der Waals surface area contributed by atoms with Gasteiger partial charge in [0.15, 0.2) is 5.76 Å². The molecular weight excluding hydrogens is 386 g/mol. The Balaban J connectivity index is 1.69. The molecule has 30 heavy (non-hydrogen) atoms. The molecule has 0 saturated heterocycles. The fourth-order valence-corrected chi connectivity index (χ4v) is 3.44. The molecule has 0 unspecified atom stereocenters. The van der Waals surface area contributed by atoms with Gasteiger partial charge in [-0.25, -0.2) is 0 Å². The zero-order valence-corrected chi connectivity index (χ0v) is 16.6. The normalized spacial score (nSPS) is 18.8. The van der Waals surface area contributed by atoms with Crippen LogP contribution in [0, 0.1) is 0 Å². The van der Waals surface area contributed by atoms with Gasteiger partial charge in [0.25, 0.3) is 0 Å². The second-order valence-corrected chi connectivity index (χ2v) is 6.99. The average molecular weight is 406 g/mol. The van der Waals surface area contributed by atoms with Crippen molar-refractivity contribution in [3.05, 3.63) is 70.8 Å².